The maximum absolute atomic E-state index is 11.2. The largest absolute Gasteiger partial charge is 0.469 e. The third kappa shape index (κ3) is 2.95. The SMILES string of the molecule is COC(=O)CC1(CSc2nc(C)ns2)CC1. The summed E-state index contributed by atoms with van der Waals surface area (Å²) in [5.41, 5.74) is 0.164. The molecule has 16 heavy (non-hydrogen) atoms. The number of hydrogen-bond acceptors (Lipinski definition) is 6. The van der Waals surface area contributed by atoms with Gasteiger partial charge in [-0.05, 0) is 36.7 Å². The van der Waals surface area contributed by atoms with E-state index in [9.17, 15) is 4.79 Å². The van der Waals surface area contributed by atoms with Gasteiger partial charge in [0.1, 0.15) is 5.82 Å². The maximum Gasteiger partial charge on any atom is 0.306 e. The molecule has 0 aliphatic heterocycles. The van der Waals surface area contributed by atoms with Crippen LogP contribution in [0.1, 0.15) is 25.1 Å². The number of nitrogens with zero attached hydrogens (tertiary/aromatic N) is 2. The fourth-order valence-corrected chi connectivity index (χ4v) is 3.42. The molecule has 6 heteroatoms. The standard InChI is InChI=1S/C10H14N2O2S2/c1-7-11-9(16-12-7)15-6-10(3-4-10)5-8(13)14-2/h3-6H2,1-2H3. The molecule has 1 fully saturated rings. The second kappa shape index (κ2) is 4.71. The van der Waals surface area contributed by atoms with Crippen LogP contribution in [0.3, 0.4) is 0 Å². The quantitative estimate of drug-likeness (QED) is 0.599. The number of carbonyl (C=O) groups is 1. The van der Waals surface area contributed by atoms with Gasteiger partial charge in [0, 0.05) is 5.75 Å². The average Bonchev–Trinajstić information content (AvgIpc) is 2.90. The van der Waals surface area contributed by atoms with Gasteiger partial charge in [-0.2, -0.15) is 4.37 Å². The first kappa shape index (κ1) is 11.9. The van der Waals surface area contributed by atoms with Crippen molar-refractivity contribution in [3.8, 4) is 0 Å². The molecule has 1 aliphatic rings. The zero-order chi connectivity index (χ0) is 11.6. The highest BCUT2D eigenvalue weighted by molar-refractivity contribution is 8.00. The summed E-state index contributed by atoms with van der Waals surface area (Å²) in [4.78, 5) is 15.5. The van der Waals surface area contributed by atoms with E-state index in [1.165, 1.54) is 18.6 Å². The van der Waals surface area contributed by atoms with Crippen LogP contribution in [-0.4, -0.2) is 28.2 Å². The van der Waals surface area contributed by atoms with Crippen molar-refractivity contribution in [1.82, 2.24) is 9.36 Å². The summed E-state index contributed by atoms with van der Waals surface area (Å²) in [6.45, 7) is 1.89. The maximum atomic E-state index is 11.2. The van der Waals surface area contributed by atoms with E-state index in [-0.39, 0.29) is 11.4 Å². The minimum atomic E-state index is -0.105. The average molecular weight is 258 g/mol. The molecule has 0 aromatic carbocycles. The van der Waals surface area contributed by atoms with E-state index in [0.29, 0.717) is 6.42 Å². The Kier molecular flexibility index (Phi) is 3.49. The molecule has 0 radical (unpaired) electrons. The van der Waals surface area contributed by atoms with E-state index in [4.69, 9.17) is 4.74 Å². The zero-order valence-electron chi connectivity index (χ0n) is 9.36. The summed E-state index contributed by atoms with van der Waals surface area (Å²) in [5, 5.41) is 0. The number of rotatable bonds is 5. The number of hydrogen-bond donors (Lipinski definition) is 0. The topological polar surface area (TPSA) is 52.1 Å². The molecule has 0 unspecified atom stereocenters. The van der Waals surface area contributed by atoms with Crippen molar-refractivity contribution in [2.45, 2.75) is 30.5 Å². The van der Waals surface area contributed by atoms with Crippen molar-refractivity contribution < 1.29 is 9.53 Å². The Bertz CT molecular complexity index is 388. The zero-order valence-corrected chi connectivity index (χ0v) is 11.0. The van der Waals surface area contributed by atoms with Gasteiger partial charge in [0.15, 0.2) is 4.34 Å². The van der Waals surface area contributed by atoms with Crippen molar-refractivity contribution in [1.29, 1.82) is 0 Å². The Morgan fingerprint density at radius 2 is 2.38 bits per heavy atom. The highest BCUT2D eigenvalue weighted by Crippen LogP contribution is 2.52. The van der Waals surface area contributed by atoms with Crippen molar-refractivity contribution >= 4 is 29.3 Å². The predicted molar refractivity (Wildman–Crippen MR) is 63.7 cm³/mol. The van der Waals surface area contributed by atoms with E-state index in [1.54, 1.807) is 11.8 Å². The number of esters is 1. The minimum absolute atomic E-state index is 0.105. The summed E-state index contributed by atoms with van der Waals surface area (Å²) >= 11 is 3.13. The molecular formula is C10H14N2O2S2. The lowest BCUT2D eigenvalue weighted by molar-refractivity contribution is -0.141. The predicted octanol–water partition coefficient (Wildman–Crippen LogP) is 2.28. The highest BCUT2D eigenvalue weighted by Gasteiger charge is 2.44. The third-order valence-corrected chi connectivity index (χ3v) is 4.99. The molecule has 88 valence electrons. The number of aryl methyl sites for hydroxylation is 1. The van der Waals surface area contributed by atoms with Crippen LogP contribution in [0.4, 0.5) is 0 Å². The Labute approximate surface area is 103 Å². The summed E-state index contributed by atoms with van der Waals surface area (Å²) < 4.78 is 9.84. The first-order chi connectivity index (χ1) is 7.63. The normalized spacial score (nSPS) is 17.1. The second-order valence-corrected chi connectivity index (χ2v) is 6.12. The summed E-state index contributed by atoms with van der Waals surface area (Å²) in [6.07, 6.45) is 2.77. The minimum Gasteiger partial charge on any atom is -0.469 e. The number of carbonyl (C=O) groups excluding carboxylic acids is 1. The van der Waals surface area contributed by atoms with Gasteiger partial charge >= 0.3 is 5.97 Å². The molecule has 1 heterocycles. The van der Waals surface area contributed by atoms with Gasteiger partial charge in [0.25, 0.3) is 0 Å². The lowest BCUT2D eigenvalue weighted by Gasteiger charge is -2.11. The molecule has 0 amide bonds. The fraction of sp³-hybridized carbons (Fsp3) is 0.700. The van der Waals surface area contributed by atoms with Gasteiger partial charge < -0.3 is 4.74 Å². The monoisotopic (exact) mass is 258 g/mol. The molecule has 0 N–H and O–H groups in total. The van der Waals surface area contributed by atoms with Crippen LogP contribution in [0.5, 0.6) is 0 Å². The lowest BCUT2D eigenvalue weighted by atomic mass is 10.1. The second-order valence-electron chi connectivity index (χ2n) is 4.15. The number of ether oxygens (including phenoxy) is 1. The molecule has 1 aliphatic carbocycles. The van der Waals surface area contributed by atoms with Gasteiger partial charge in [0.05, 0.1) is 13.5 Å². The Morgan fingerprint density at radius 1 is 1.62 bits per heavy atom. The van der Waals surface area contributed by atoms with Crippen LogP contribution in [0, 0.1) is 12.3 Å². The van der Waals surface area contributed by atoms with E-state index in [1.807, 2.05) is 6.92 Å². The van der Waals surface area contributed by atoms with Crippen LogP contribution in [0.2, 0.25) is 0 Å². The molecule has 1 saturated carbocycles. The number of thioether (sulfide) groups is 1. The van der Waals surface area contributed by atoms with Crippen LogP contribution < -0.4 is 0 Å². The van der Waals surface area contributed by atoms with Gasteiger partial charge in [-0.1, -0.05) is 11.8 Å². The Balaban J connectivity index is 1.83. The molecule has 0 bridgehead atoms. The van der Waals surface area contributed by atoms with Gasteiger partial charge in [0.2, 0.25) is 0 Å². The number of aromatic nitrogens is 2. The molecule has 1 aromatic heterocycles. The molecular weight excluding hydrogens is 244 g/mol. The molecule has 0 saturated heterocycles. The Morgan fingerprint density at radius 3 is 2.88 bits per heavy atom. The molecule has 1 aromatic rings. The van der Waals surface area contributed by atoms with E-state index in [0.717, 1.165) is 28.8 Å². The first-order valence-electron chi connectivity index (χ1n) is 5.13. The van der Waals surface area contributed by atoms with Gasteiger partial charge in [-0.25, -0.2) is 4.98 Å². The summed E-state index contributed by atoms with van der Waals surface area (Å²) in [5.74, 6) is 1.66. The third-order valence-electron chi connectivity index (χ3n) is 2.71. The molecule has 0 atom stereocenters. The van der Waals surface area contributed by atoms with Crippen molar-refractivity contribution in [3.05, 3.63) is 5.82 Å². The van der Waals surface area contributed by atoms with E-state index >= 15 is 0 Å². The van der Waals surface area contributed by atoms with Gasteiger partial charge in [-0.3, -0.25) is 4.79 Å². The molecule has 0 spiro atoms. The first-order valence-corrected chi connectivity index (χ1v) is 6.89. The highest BCUT2D eigenvalue weighted by atomic mass is 32.2. The van der Waals surface area contributed by atoms with E-state index in [2.05, 4.69) is 9.36 Å². The van der Waals surface area contributed by atoms with Crippen LogP contribution in [-0.2, 0) is 9.53 Å². The molecule has 4 nitrogen and oxygen atoms in total. The van der Waals surface area contributed by atoms with E-state index < -0.39 is 0 Å². The van der Waals surface area contributed by atoms with Crippen LogP contribution in [0.15, 0.2) is 4.34 Å². The summed E-state index contributed by atoms with van der Waals surface area (Å²) in [7, 11) is 1.44. The van der Waals surface area contributed by atoms with Crippen molar-refractivity contribution in [2.24, 2.45) is 5.41 Å². The van der Waals surface area contributed by atoms with Crippen molar-refractivity contribution in [3.63, 3.8) is 0 Å². The van der Waals surface area contributed by atoms with Crippen LogP contribution in [0.25, 0.3) is 0 Å². The van der Waals surface area contributed by atoms with Crippen molar-refractivity contribution in [2.75, 3.05) is 12.9 Å². The fourth-order valence-electron chi connectivity index (χ4n) is 1.48. The number of methoxy groups -OCH3 is 1. The van der Waals surface area contributed by atoms with Crippen LogP contribution >= 0.6 is 23.3 Å². The smallest absolute Gasteiger partial charge is 0.306 e. The lowest BCUT2D eigenvalue weighted by Crippen LogP contribution is -2.12. The summed E-state index contributed by atoms with van der Waals surface area (Å²) in [6, 6.07) is 0. The molecule has 2 rings (SSSR count). The Hall–Kier alpha value is -0.620. The van der Waals surface area contributed by atoms with Gasteiger partial charge in [-0.15, -0.1) is 0 Å².